The molecule has 0 amide bonds. The molecule has 0 bridgehead atoms. The second-order valence-corrected chi connectivity index (χ2v) is 4.19. The van der Waals surface area contributed by atoms with E-state index in [4.69, 9.17) is 9.47 Å². The molecule has 1 rings (SSSR count). The molecule has 0 spiro atoms. The van der Waals surface area contributed by atoms with Crippen LogP contribution in [0.15, 0.2) is 24.3 Å². The fourth-order valence-corrected chi connectivity index (χ4v) is 1.64. The van der Waals surface area contributed by atoms with Crippen LogP contribution in [0.2, 0.25) is 0 Å². The molecule has 0 aliphatic rings. The van der Waals surface area contributed by atoms with Gasteiger partial charge in [-0.25, -0.2) is 8.78 Å². The lowest BCUT2D eigenvalue weighted by Crippen LogP contribution is -2.23. The summed E-state index contributed by atoms with van der Waals surface area (Å²) in [4.78, 5) is 0. The molecule has 1 N–H and O–H groups in total. The van der Waals surface area contributed by atoms with E-state index in [-0.39, 0.29) is 12.6 Å². The van der Waals surface area contributed by atoms with Crippen LogP contribution in [0, 0.1) is 0 Å². The van der Waals surface area contributed by atoms with Crippen molar-refractivity contribution < 1.29 is 18.3 Å². The molecule has 19 heavy (non-hydrogen) atoms. The van der Waals surface area contributed by atoms with Gasteiger partial charge in [-0.3, -0.25) is 0 Å². The van der Waals surface area contributed by atoms with Crippen molar-refractivity contribution in [2.75, 3.05) is 26.9 Å². The standard InChI is InChI=1S/C14H21F2NO2/c1-3-8-19-12-6-4-11(5-7-12)13(17-2)9-18-10-14(15)16/h4-7,13-14,17H,3,8-10H2,1-2H3. The number of likely N-dealkylation sites (N-methyl/N-ethyl adjacent to an activating group) is 1. The van der Waals surface area contributed by atoms with Gasteiger partial charge in [-0.2, -0.15) is 0 Å². The molecule has 0 fully saturated rings. The Labute approximate surface area is 112 Å². The maximum Gasteiger partial charge on any atom is 0.261 e. The minimum Gasteiger partial charge on any atom is -0.494 e. The van der Waals surface area contributed by atoms with Crippen LogP contribution in [0.4, 0.5) is 8.78 Å². The quantitative estimate of drug-likeness (QED) is 0.750. The largest absolute Gasteiger partial charge is 0.494 e. The van der Waals surface area contributed by atoms with Crippen molar-refractivity contribution in [2.45, 2.75) is 25.8 Å². The van der Waals surface area contributed by atoms with E-state index in [1.165, 1.54) is 0 Å². The molecule has 0 heterocycles. The van der Waals surface area contributed by atoms with Crippen LogP contribution in [-0.4, -0.2) is 33.3 Å². The molecule has 0 aliphatic heterocycles. The summed E-state index contributed by atoms with van der Waals surface area (Å²) >= 11 is 0. The molecule has 0 aromatic heterocycles. The van der Waals surface area contributed by atoms with Gasteiger partial charge in [-0.1, -0.05) is 19.1 Å². The smallest absolute Gasteiger partial charge is 0.261 e. The predicted molar refractivity (Wildman–Crippen MR) is 70.9 cm³/mol. The highest BCUT2D eigenvalue weighted by Crippen LogP contribution is 2.18. The van der Waals surface area contributed by atoms with E-state index in [0.29, 0.717) is 6.61 Å². The van der Waals surface area contributed by atoms with Crippen LogP contribution in [0.3, 0.4) is 0 Å². The number of alkyl halides is 2. The molecule has 0 saturated carbocycles. The number of benzene rings is 1. The van der Waals surface area contributed by atoms with E-state index in [1.807, 2.05) is 31.2 Å². The van der Waals surface area contributed by atoms with Gasteiger partial charge in [0.1, 0.15) is 12.4 Å². The summed E-state index contributed by atoms with van der Waals surface area (Å²) < 4.78 is 34.4. The Morgan fingerprint density at radius 3 is 2.37 bits per heavy atom. The third-order valence-electron chi connectivity index (χ3n) is 2.63. The zero-order valence-electron chi connectivity index (χ0n) is 11.4. The van der Waals surface area contributed by atoms with Gasteiger partial charge in [0.15, 0.2) is 0 Å². The molecule has 0 aliphatic carbocycles. The molecule has 0 radical (unpaired) electrons. The Bertz CT molecular complexity index is 344. The first-order chi connectivity index (χ1) is 9.17. The minimum absolute atomic E-state index is 0.0982. The van der Waals surface area contributed by atoms with E-state index in [0.717, 1.165) is 17.7 Å². The highest BCUT2D eigenvalue weighted by molar-refractivity contribution is 5.29. The van der Waals surface area contributed by atoms with Gasteiger partial charge in [0.25, 0.3) is 6.43 Å². The molecule has 1 aromatic carbocycles. The Morgan fingerprint density at radius 1 is 1.16 bits per heavy atom. The van der Waals surface area contributed by atoms with Gasteiger partial charge in [-0.05, 0) is 31.2 Å². The predicted octanol–water partition coefficient (Wildman–Crippen LogP) is 3.02. The highest BCUT2D eigenvalue weighted by Gasteiger charge is 2.11. The van der Waals surface area contributed by atoms with Crippen LogP contribution in [0.5, 0.6) is 5.75 Å². The maximum absolute atomic E-state index is 12.0. The molecule has 0 saturated heterocycles. The molecular formula is C14H21F2NO2. The number of hydrogen-bond acceptors (Lipinski definition) is 3. The fourth-order valence-electron chi connectivity index (χ4n) is 1.64. The number of nitrogens with one attached hydrogen (secondary N) is 1. The van der Waals surface area contributed by atoms with Gasteiger partial charge in [0, 0.05) is 0 Å². The lowest BCUT2D eigenvalue weighted by molar-refractivity contribution is 0.00985. The van der Waals surface area contributed by atoms with E-state index in [1.54, 1.807) is 7.05 Å². The summed E-state index contributed by atoms with van der Waals surface area (Å²) in [5.74, 6) is 0.814. The van der Waals surface area contributed by atoms with E-state index in [9.17, 15) is 8.78 Å². The summed E-state index contributed by atoms with van der Waals surface area (Å²) in [7, 11) is 1.78. The van der Waals surface area contributed by atoms with Crippen molar-refractivity contribution in [1.29, 1.82) is 0 Å². The SMILES string of the molecule is CCCOc1ccc(C(COCC(F)F)NC)cc1. The van der Waals surface area contributed by atoms with E-state index >= 15 is 0 Å². The second kappa shape index (κ2) is 8.82. The average molecular weight is 273 g/mol. The van der Waals surface area contributed by atoms with Crippen LogP contribution >= 0.6 is 0 Å². The Balaban J connectivity index is 2.50. The Hall–Kier alpha value is -1.20. The van der Waals surface area contributed by atoms with Crippen molar-refractivity contribution in [1.82, 2.24) is 5.32 Å². The average Bonchev–Trinajstić information content (AvgIpc) is 2.42. The maximum atomic E-state index is 12.0. The summed E-state index contributed by atoms with van der Waals surface area (Å²) in [5.41, 5.74) is 0.987. The van der Waals surface area contributed by atoms with Crippen LogP contribution < -0.4 is 10.1 Å². The molecule has 1 atom stereocenters. The number of hydrogen-bond donors (Lipinski definition) is 1. The lowest BCUT2D eigenvalue weighted by atomic mass is 10.1. The van der Waals surface area contributed by atoms with Gasteiger partial charge in [-0.15, -0.1) is 0 Å². The number of ether oxygens (including phenoxy) is 2. The summed E-state index contributed by atoms with van der Waals surface area (Å²) in [6, 6.07) is 7.49. The topological polar surface area (TPSA) is 30.5 Å². The molecule has 1 aromatic rings. The number of halogens is 2. The third kappa shape index (κ3) is 5.98. The lowest BCUT2D eigenvalue weighted by Gasteiger charge is -2.17. The first-order valence-electron chi connectivity index (χ1n) is 6.43. The third-order valence-corrected chi connectivity index (χ3v) is 2.63. The van der Waals surface area contributed by atoms with Gasteiger partial charge in [0.2, 0.25) is 0 Å². The molecule has 3 nitrogen and oxygen atoms in total. The number of rotatable bonds is 9. The molecule has 108 valence electrons. The highest BCUT2D eigenvalue weighted by atomic mass is 19.3. The summed E-state index contributed by atoms with van der Waals surface area (Å²) in [5, 5.41) is 3.04. The Morgan fingerprint density at radius 2 is 1.84 bits per heavy atom. The van der Waals surface area contributed by atoms with Crippen molar-refractivity contribution in [2.24, 2.45) is 0 Å². The molecular weight excluding hydrogens is 252 g/mol. The van der Waals surface area contributed by atoms with Crippen molar-refractivity contribution in [3.63, 3.8) is 0 Å². The van der Waals surface area contributed by atoms with Crippen molar-refractivity contribution in [3.05, 3.63) is 29.8 Å². The second-order valence-electron chi connectivity index (χ2n) is 4.19. The monoisotopic (exact) mass is 273 g/mol. The van der Waals surface area contributed by atoms with Gasteiger partial charge >= 0.3 is 0 Å². The normalized spacial score (nSPS) is 12.7. The van der Waals surface area contributed by atoms with E-state index < -0.39 is 13.0 Å². The van der Waals surface area contributed by atoms with E-state index in [2.05, 4.69) is 5.32 Å². The first-order valence-corrected chi connectivity index (χ1v) is 6.43. The summed E-state index contributed by atoms with van der Waals surface area (Å²) in [6.45, 7) is 2.42. The van der Waals surface area contributed by atoms with Crippen LogP contribution in [-0.2, 0) is 4.74 Å². The molecule has 1 unspecified atom stereocenters. The van der Waals surface area contributed by atoms with Crippen LogP contribution in [0.1, 0.15) is 24.9 Å². The Kier molecular flexibility index (Phi) is 7.36. The van der Waals surface area contributed by atoms with Crippen molar-refractivity contribution in [3.8, 4) is 5.75 Å². The van der Waals surface area contributed by atoms with Gasteiger partial charge < -0.3 is 14.8 Å². The van der Waals surface area contributed by atoms with Crippen LogP contribution in [0.25, 0.3) is 0 Å². The minimum atomic E-state index is -2.43. The zero-order valence-corrected chi connectivity index (χ0v) is 11.4. The van der Waals surface area contributed by atoms with Gasteiger partial charge in [0.05, 0.1) is 19.3 Å². The molecule has 5 heteroatoms. The fraction of sp³-hybridized carbons (Fsp3) is 0.571. The zero-order chi connectivity index (χ0) is 14.1. The summed E-state index contributed by atoms with van der Waals surface area (Å²) in [6.07, 6.45) is -1.47. The first kappa shape index (κ1) is 15.9. The van der Waals surface area contributed by atoms with Crippen molar-refractivity contribution >= 4 is 0 Å².